The fourth-order valence-electron chi connectivity index (χ4n) is 13.0. The molecule has 0 bridgehead atoms. The average Bonchev–Trinajstić information content (AvgIpc) is 3.95. The van der Waals surface area contributed by atoms with Gasteiger partial charge in [-0.2, -0.15) is 0 Å². The van der Waals surface area contributed by atoms with Crippen LogP contribution in [-0.4, -0.2) is 0 Å². The second kappa shape index (κ2) is 22.1. The molecule has 398 valence electrons. The van der Waals surface area contributed by atoms with Crippen molar-refractivity contribution in [3.63, 3.8) is 0 Å². The summed E-state index contributed by atoms with van der Waals surface area (Å²) in [5, 5.41) is 0. The van der Waals surface area contributed by atoms with Crippen molar-refractivity contribution in [2.75, 3.05) is 9.80 Å². The van der Waals surface area contributed by atoms with Crippen LogP contribution >= 0.6 is 0 Å². The van der Waals surface area contributed by atoms with E-state index in [2.05, 4.69) is 339 Å². The van der Waals surface area contributed by atoms with Gasteiger partial charge in [0.1, 0.15) is 0 Å². The van der Waals surface area contributed by atoms with Crippen LogP contribution in [0.25, 0.3) is 61.2 Å². The summed E-state index contributed by atoms with van der Waals surface area (Å²) in [5.41, 5.74) is 26.9. The summed E-state index contributed by atoms with van der Waals surface area (Å²) < 4.78 is 0. The van der Waals surface area contributed by atoms with Crippen LogP contribution in [0.2, 0.25) is 0 Å². The summed E-state index contributed by atoms with van der Waals surface area (Å²) in [6.07, 6.45) is 13.9. The molecule has 0 aliphatic heterocycles. The van der Waals surface area contributed by atoms with Gasteiger partial charge in [0.25, 0.3) is 0 Å². The van der Waals surface area contributed by atoms with Gasteiger partial charge in [0.05, 0.1) is 0 Å². The van der Waals surface area contributed by atoms with Crippen LogP contribution in [-0.2, 0) is 5.41 Å². The fraction of sp³-hybridized carbons (Fsp3) is 0.0864. The molecule has 14 rings (SSSR count). The van der Waals surface area contributed by atoms with E-state index >= 15 is 0 Å². The molecule has 2 nitrogen and oxygen atoms in total. The van der Waals surface area contributed by atoms with Gasteiger partial charge in [-0.3, -0.25) is 0 Å². The van der Waals surface area contributed by atoms with E-state index in [1.54, 1.807) is 0 Å². The van der Waals surface area contributed by atoms with Gasteiger partial charge in [-0.05, 0) is 169 Å². The van der Waals surface area contributed by atoms with E-state index < -0.39 is 0 Å². The molecule has 0 spiro atoms. The Labute approximate surface area is 489 Å². The monoisotopic (exact) mass is 1060 g/mol. The molecule has 0 radical (unpaired) electrons. The molecule has 0 N–H and O–H groups in total. The summed E-state index contributed by atoms with van der Waals surface area (Å²) in [6, 6.07) is 105. The van der Waals surface area contributed by atoms with Gasteiger partial charge >= 0.3 is 0 Å². The van der Waals surface area contributed by atoms with Crippen LogP contribution in [0.4, 0.5) is 22.7 Å². The minimum atomic E-state index is -0.123. The minimum absolute atomic E-state index is 0.0942. The number of hydrogen-bond donors (Lipinski definition) is 0. The third-order valence-electron chi connectivity index (χ3n) is 17.4. The zero-order chi connectivity index (χ0) is 55.7. The first-order chi connectivity index (χ1) is 40.9. The quantitative estimate of drug-likeness (QED) is 0.114. The Morgan fingerprint density at radius 1 is 0.361 bits per heavy atom. The van der Waals surface area contributed by atoms with Crippen molar-refractivity contribution in [2.45, 2.75) is 43.9 Å². The van der Waals surface area contributed by atoms with Crippen molar-refractivity contribution >= 4 is 28.3 Å². The molecule has 0 saturated heterocycles. The van der Waals surface area contributed by atoms with Crippen LogP contribution in [0.1, 0.15) is 66.3 Å². The summed E-state index contributed by atoms with van der Waals surface area (Å²) in [7, 11) is 0. The van der Waals surface area contributed by atoms with Crippen LogP contribution in [0.3, 0.4) is 0 Å². The van der Waals surface area contributed by atoms with Gasteiger partial charge in [-0.15, -0.1) is 0 Å². The predicted molar refractivity (Wildman–Crippen MR) is 350 cm³/mol. The lowest BCUT2D eigenvalue weighted by molar-refractivity contribution is 0.660. The lowest BCUT2D eigenvalue weighted by atomic mass is 9.81. The van der Waals surface area contributed by atoms with E-state index in [0.717, 1.165) is 41.2 Å². The van der Waals surface area contributed by atoms with Gasteiger partial charge in [-0.1, -0.05) is 263 Å². The highest BCUT2D eigenvalue weighted by Crippen LogP contribution is 2.51. The highest BCUT2D eigenvalue weighted by atomic mass is 15.2. The van der Waals surface area contributed by atoms with Crippen molar-refractivity contribution in [2.24, 2.45) is 0 Å². The maximum Gasteiger partial charge on any atom is 0.0465 e. The second-order valence-corrected chi connectivity index (χ2v) is 22.8. The Morgan fingerprint density at radius 3 is 1.41 bits per heavy atom. The van der Waals surface area contributed by atoms with E-state index in [1.807, 2.05) is 0 Å². The number of hydrogen-bond acceptors (Lipinski definition) is 2. The molecule has 0 fully saturated rings. The molecule has 0 aromatic heterocycles. The standard InChI is InChI=1S/C81H64N2/c1-81(2)79-31-19-18-30-76(79)77-51-49-73(56-80(77)81)82(69-41-32-61(33-42-69)57-20-8-3-9-21-57)70-43-36-63(37-44-70)64-38-47-72(48-39-64)83(71-45-34-62(35-46-71)58-22-10-4-11-23-58)74-53-67(60-26-14-6-15-27-60)52-68(54-74)75-50-40-66(59-24-12-5-13-25-59)55-78(75)65-28-16-7-17-29-65/h3-34,36-53,55-56,62,68H,35,54H2,1-2H3. The number of rotatable bonds is 13. The molecule has 2 unspecified atom stereocenters. The van der Waals surface area contributed by atoms with Crippen molar-refractivity contribution in [1.29, 1.82) is 0 Å². The topological polar surface area (TPSA) is 6.48 Å². The summed E-state index contributed by atoms with van der Waals surface area (Å²) in [6.45, 7) is 4.72. The van der Waals surface area contributed by atoms with E-state index in [4.69, 9.17) is 0 Å². The SMILES string of the molecule is CC1(C)c2ccccc2-c2ccc(N(c3ccc(-c4ccccc4)cc3)c3ccc(-c4ccc(N(C5=CCC(c6ccccc6)C=C5)C5=CC(c6ccccc6)=CC(c6ccc(-c7ccccc7)cc6-c6ccccc6)C5)cc4)cc3)cc21. The number of fused-ring (bicyclic) bond motifs is 3. The molecular weight excluding hydrogens is 1000 g/mol. The Morgan fingerprint density at radius 2 is 0.831 bits per heavy atom. The predicted octanol–water partition coefficient (Wildman–Crippen LogP) is 21.7. The van der Waals surface area contributed by atoms with E-state index in [1.165, 1.54) is 94.9 Å². The van der Waals surface area contributed by atoms with Gasteiger partial charge in [0.2, 0.25) is 0 Å². The number of benzene rings is 11. The summed E-state index contributed by atoms with van der Waals surface area (Å²) >= 11 is 0. The van der Waals surface area contributed by atoms with Crippen LogP contribution in [0, 0.1) is 0 Å². The molecule has 3 aliphatic rings. The van der Waals surface area contributed by atoms with Crippen LogP contribution in [0.5, 0.6) is 0 Å². The van der Waals surface area contributed by atoms with Crippen molar-refractivity contribution in [3.05, 3.63) is 355 Å². The van der Waals surface area contributed by atoms with Crippen molar-refractivity contribution < 1.29 is 0 Å². The normalized spacial score (nSPS) is 15.8. The minimum Gasteiger partial charge on any atom is -0.315 e. The molecule has 3 aliphatic carbocycles. The highest BCUT2D eigenvalue weighted by Gasteiger charge is 2.36. The van der Waals surface area contributed by atoms with Gasteiger partial charge in [-0.25, -0.2) is 0 Å². The number of nitrogens with zero attached hydrogens (tertiary/aromatic N) is 2. The maximum atomic E-state index is 2.53. The maximum absolute atomic E-state index is 2.53. The van der Waals surface area contributed by atoms with Crippen LogP contribution < -0.4 is 9.80 Å². The first-order valence-electron chi connectivity index (χ1n) is 29.3. The molecule has 0 amide bonds. The molecule has 83 heavy (non-hydrogen) atoms. The van der Waals surface area contributed by atoms with E-state index in [0.29, 0.717) is 5.92 Å². The van der Waals surface area contributed by atoms with Crippen molar-refractivity contribution in [3.8, 4) is 55.6 Å². The summed E-state index contributed by atoms with van der Waals surface area (Å²) in [5.74, 6) is 0.407. The lowest BCUT2D eigenvalue weighted by Gasteiger charge is -2.35. The molecule has 0 saturated carbocycles. The first kappa shape index (κ1) is 51.1. The third kappa shape index (κ3) is 10.1. The number of anilines is 4. The zero-order valence-electron chi connectivity index (χ0n) is 47.0. The second-order valence-electron chi connectivity index (χ2n) is 22.8. The fourth-order valence-corrected chi connectivity index (χ4v) is 13.0. The Bertz CT molecular complexity index is 4230. The first-order valence-corrected chi connectivity index (χ1v) is 29.3. The molecule has 11 aromatic carbocycles. The summed E-state index contributed by atoms with van der Waals surface area (Å²) in [4.78, 5) is 4.95. The average molecular weight is 1070 g/mol. The largest absolute Gasteiger partial charge is 0.315 e. The van der Waals surface area contributed by atoms with Gasteiger partial charge in [0.15, 0.2) is 0 Å². The lowest BCUT2D eigenvalue weighted by Crippen LogP contribution is -2.25. The molecule has 0 heterocycles. The van der Waals surface area contributed by atoms with Crippen LogP contribution in [0.15, 0.2) is 327 Å². The number of allylic oxidation sites excluding steroid dienone is 7. The molecular formula is C81H64N2. The Balaban J connectivity index is 0.830. The third-order valence-corrected chi connectivity index (χ3v) is 17.4. The molecule has 2 atom stereocenters. The van der Waals surface area contributed by atoms with Crippen molar-refractivity contribution in [1.82, 2.24) is 0 Å². The highest BCUT2D eigenvalue weighted by molar-refractivity contribution is 5.87. The molecule has 2 heteroatoms. The Hall–Kier alpha value is -10.0. The Kier molecular flexibility index (Phi) is 13.6. The smallest absolute Gasteiger partial charge is 0.0465 e. The van der Waals surface area contributed by atoms with E-state index in [9.17, 15) is 0 Å². The van der Waals surface area contributed by atoms with E-state index in [-0.39, 0.29) is 11.3 Å². The molecule has 11 aromatic rings. The van der Waals surface area contributed by atoms with Gasteiger partial charge < -0.3 is 9.80 Å². The zero-order valence-corrected chi connectivity index (χ0v) is 47.0. The van der Waals surface area contributed by atoms with Gasteiger partial charge in [0, 0.05) is 51.4 Å².